The molecule has 4 aromatic rings. The fraction of sp³-hybridized carbons (Fsp3) is 0.231. The van der Waals surface area contributed by atoms with Gasteiger partial charge in [-0.15, -0.1) is 0 Å². The van der Waals surface area contributed by atoms with Crippen molar-refractivity contribution in [1.82, 2.24) is 29.6 Å². The Hall–Kier alpha value is -4.80. The molecule has 0 unspecified atom stereocenters. The average molecular weight is 501 g/mol. The number of nitrogens with one attached hydrogen (secondary N) is 2. The summed E-state index contributed by atoms with van der Waals surface area (Å²) < 4.78 is 7.32. The molecule has 0 fully saturated rings. The number of aromatic nitrogens is 5. The molecule has 11 heteroatoms. The highest BCUT2D eigenvalue weighted by Gasteiger charge is 2.18. The number of amides is 1. The van der Waals surface area contributed by atoms with Crippen LogP contribution in [-0.4, -0.2) is 62.5 Å². The Morgan fingerprint density at radius 2 is 1.81 bits per heavy atom. The second kappa shape index (κ2) is 10.9. The lowest BCUT2D eigenvalue weighted by Gasteiger charge is -2.17. The molecule has 37 heavy (non-hydrogen) atoms. The maximum absolute atomic E-state index is 12.7. The van der Waals surface area contributed by atoms with Crippen LogP contribution in [0.5, 0.6) is 5.75 Å². The van der Waals surface area contributed by atoms with Crippen LogP contribution in [-0.2, 0) is 7.05 Å². The van der Waals surface area contributed by atoms with E-state index in [0.717, 1.165) is 0 Å². The number of pyridine rings is 2. The summed E-state index contributed by atoms with van der Waals surface area (Å²) >= 11 is 0. The zero-order valence-corrected chi connectivity index (χ0v) is 21.3. The standard InChI is InChI=1S/C26H28N8O3/c1-6-21(35)18-14-28-23(31-22-12-16(10-11-27-22)26(36)33(2)3)13-20(18)30-19-9-7-8-17(24(19)37-5)25-29-15-34(4)32-25/h7-15H,6H2,1-5H3,(H2,27,28,30,31). The lowest BCUT2D eigenvalue weighted by molar-refractivity contribution is 0.0827. The number of para-hydroxylation sites is 1. The van der Waals surface area contributed by atoms with Crippen molar-refractivity contribution in [3.63, 3.8) is 0 Å². The first-order valence-electron chi connectivity index (χ1n) is 11.6. The minimum Gasteiger partial charge on any atom is -0.494 e. The lowest BCUT2D eigenvalue weighted by Crippen LogP contribution is -2.21. The summed E-state index contributed by atoms with van der Waals surface area (Å²) in [6.45, 7) is 1.80. The smallest absolute Gasteiger partial charge is 0.253 e. The number of benzene rings is 1. The van der Waals surface area contributed by atoms with E-state index in [1.54, 1.807) is 70.6 Å². The molecular weight excluding hydrogens is 472 g/mol. The number of carbonyl (C=O) groups is 2. The van der Waals surface area contributed by atoms with Crippen molar-refractivity contribution < 1.29 is 14.3 Å². The van der Waals surface area contributed by atoms with Crippen molar-refractivity contribution in [1.29, 1.82) is 0 Å². The van der Waals surface area contributed by atoms with E-state index in [4.69, 9.17) is 4.74 Å². The predicted molar refractivity (Wildman–Crippen MR) is 141 cm³/mol. The first-order chi connectivity index (χ1) is 17.8. The molecule has 0 atom stereocenters. The van der Waals surface area contributed by atoms with E-state index in [1.165, 1.54) is 11.1 Å². The van der Waals surface area contributed by atoms with E-state index in [9.17, 15) is 9.59 Å². The van der Waals surface area contributed by atoms with Gasteiger partial charge in [0.05, 0.1) is 29.6 Å². The Morgan fingerprint density at radius 3 is 2.49 bits per heavy atom. The molecule has 190 valence electrons. The Morgan fingerprint density at radius 1 is 1.03 bits per heavy atom. The van der Waals surface area contributed by atoms with Gasteiger partial charge in [-0.25, -0.2) is 15.0 Å². The summed E-state index contributed by atoms with van der Waals surface area (Å²) in [5.74, 6) is 1.73. The summed E-state index contributed by atoms with van der Waals surface area (Å²) in [4.78, 5) is 39.6. The molecule has 3 heterocycles. The van der Waals surface area contributed by atoms with Gasteiger partial charge in [0.15, 0.2) is 17.4 Å². The van der Waals surface area contributed by atoms with Crippen LogP contribution in [0.15, 0.2) is 55.1 Å². The molecule has 0 aliphatic rings. The zero-order valence-electron chi connectivity index (χ0n) is 21.3. The van der Waals surface area contributed by atoms with Crippen LogP contribution in [0.2, 0.25) is 0 Å². The quantitative estimate of drug-likeness (QED) is 0.327. The molecule has 11 nitrogen and oxygen atoms in total. The number of Topliss-reactive ketones (excluding diaryl/α,β-unsaturated/α-hetero) is 1. The zero-order chi connectivity index (χ0) is 26.5. The molecule has 0 aliphatic carbocycles. The second-order valence-corrected chi connectivity index (χ2v) is 8.40. The van der Waals surface area contributed by atoms with E-state index in [1.807, 2.05) is 18.2 Å². The van der Waals surface area contributed by atoms with Gasteiger partial charge in [0.25, 0.3) is 5.91 Å². The highest BCUT2D eigenvalue weighted by molar-refractivity contribution is 6.02. The fourth-order valence-corrected chi connectivity index (χ4v) is 3.70. The van der Waals surface area contributed by atoms with Gasteiger partial charge < -0.3 is 20.3 Å². The number of hydrogen-bond acceptors (Lipinski definition) is 9. The van der Waals surface area contributed by atoms with Crippen molar-refractivity contribution >= 4 is 34.7 Å². The number of ether oxygens (including phenoxy) is 1. The van der Waals surface area contributed by atoms with Crippen LogP contribution in [0.3, 0.4) is 0 Å². The number of hydrogen-bond donors (Lipinski definition) is 2. The number of methoxy groups -OCH3 is 1. The van der Waals surface area contributed by atoms with Crippen LogP contribution in [0.4, 0.5) is 23.0 Å². The third-order valence-corrected chi connectivity index (χ3v) is 5.52. The molecule has 3 aromatic heterocycles. The largest absolute Gasteiger partial charge is 0.494 e. The van der Waals surface area contributed by atoms with Gasteiger partial charge >= 0.3 is 0 Å². The summed E-state index contributed by atoms with van der Waals surface area (Å²) in [6, 6.07) is 10.6. The predicted octanol–water partition coefficient (Wildman–Crippen LogP) is 4.06. The topological polar surface area (TPSA) is 127 Å². The maximum Gasteiger partial charge on any atom is 0.253 e. The molecule has 0 bridgehead atoms. The number of carbonyl (C=O) groups excluding carboxylic acids is 2. The Bertz CT molecular complexity index is 1450. The summed E-state index contributed by atoms with van der Waals surface area (Å²) in [7, 11) is 6.73. The number of ketones is 1. The van der Waals surface area contributed by atoms with Gasteiger partial charge in [-0.2, -0.15) is 5.10 Å². The molecule has 1 aromatic carbocycles. The third kappa shape index (κ3) is 5.56. The highest BCUT2D eigenvalue weighted by atomic mass is 16.5. The molecule has 0 saturated carbocycles. The lowest BCUT2D eigenvalue weighted by atomic mass is 10.1. The van der Waals surface area contributed by atoms with E-state index < -0.39 is 0 Å². The number of aryl methyl sites for hydroxylation is 1. The highest BCUT2D eigenvalue weighted by Crippen LogP contribution is 2.37. The first kappa shape index (κ1) is 25.3. The van der Waals surface area contributed by atoms with Gasteiger partial charge in [-0.3, -0.25) is 14.3 Å². The summed E-state index contributed by atoms with van der Waals surface area (Å²) in [5.41, 5.74) is 2.79. The van der Waals surface area contributed by atoms with Crippen molar-refractivity contribution in [3.05, 3.63) is 66.2 Å². The molecule has 2 N–H and O–H groups in total. The van der Waals surface area contributed by atoms with E-state index in [0.29, 0.717) is 57.7 Å². The van der Waals surface area contributed by atoms with Crippen LogP contribution in [0.1, 0.15) is 34.1 Å². The van der Waals surface area contributed by atoms with Crippen LogP contribution < -0.4 is 15.4 Å². The minimum absolute atomic E-state index is 0.0697. The Kier molecular flexibility index (Phi) is 7.42. The van der Waals surface area contributed by atoms with E-state index in [2.05, 4.69) is 30.7 Å². The summed E-state index contributed by atoms with van der Waals surface area (Å²) in [5, 5.41) is 10.8. The fourth-order valence-electron chi connectivity index (χ4n) is 3.70. The van der Waals surface area contributed by atoms with Crippen molar-refractivity contribution in [2.45, 2.75) is 13.3 Å². The second-order valence-electron chi connectivity index (χ2n) is 8.40. The SMILES string of the molecule is CCC(=O)c1cnc(Nc2cc(C(=O)N(C)C)ccn2)cc1Nc1cccc(-c2ncn(C)n2)c1OC. The molecular formula is C26H28N8O3. The first-order valence-corrected chi connectivity index (χ1v) is 11.6. The van der Waals surface area contributed by atoms with Crippen LogP contribution in [0.25, 0.3) is 11.4 Å². The van der Waals surface area contributed by atoms with Crippen molar-refractivity contribution in [3.8, 4) is 17.1 Å². The minimum atomic E-state index is -0.140. The van der Waals surface area contributed by atoms with E-state index >= 15 is 0 Å². The Balaban J connectivity index is 1.70. The van der Waals surface area contributed by atoms with Gasteiger partial charge in [0.2, 0.25) is 0 Å². The Labute approximate surface area is 214 Å². The molecule has 1 amide bonds. The normalized spacial score (nSPS) is 10.6. The average Bonchev–Trinajstić information content (AvgIpc) is 3.34. The maximum atomic E-state index is 12.7. The van der Waals surface area contributed by atoms with Crippen LogP contribution >= 0.6 is 0 Å². The van der Waals surface area contributed by atoms with E-state index in [-0.39, 0.29) is 11.7 Å². The molecule has 0 spiro atoms. The third-order valence-electron chi connectivity index (χ3n) is 5.52. The monoisotopic (exact) mass is 500 g/mol. The van der Waals surface area contributed by atoms with Crippen LogP contribution in [0, 0.1) is 0 Å². The number of rotatable bonds is 9. The molecule has 0 radical (unpaired) electrons. The molecule has 0 saturated heterocycles. The molecule has 4 rings (SSSR count). The molecule has 0 aliphatic heterocycles. The van der Waals surface area contributed by atoms with Gasteiger partial charge in [-0.05, 0) is 24.3 Å². The van der Waals surface area contributed by atoms with Crippen molar-refractivity contribution in [2.24, 2.45) is 7.05 Å². The van der Waals surface area contributed by atoms with Gasteiger partial charge in [0.1, 0.15) is 18.0 Å². The van der Waals surface area contributed by atoms with Gasteiger partial charge in [-0.1, -0.05) is 13.0 Å². The van der Waals surface area contributed by atoms with Crippen molar-refractivity contribution in [2.75, 3.05) is 31.8 Å². The van der Waals surface area contributed by atoms with Gasteiger partial charge in [0, 0.05) is 51.6 Å². The number of nitrogens with zero attached hydrogens (tertiary/aromatic N) is 6. The summed E-state index contributed by atoms with van der Waals surface area (Å²) in [6.07, 6.45) is 4.99. The number of anilines is 4.